The van der Waals surface area contributed by atoms with Gasteiger partial charge in [-0.25, -0.2) is 0 Å². The third-order valence-corrected chi connectivity index (χ3v) is 4.32. The molecule has 0 amide bonds. The van der Waals surface area contributed by atoms with E-state index in [0.29, 0.717) is 11.8 Å². The van der Waals surface area contributed by atoms with Crippen LogP contribution in [0.15, 0.2) is 24.3 Å². The maximum Gasteiger partial charge on any atom is 0.0361 e. The van der Waals surface area contributed by atoms with Crippen molar-refractivity contribution in [1.29, 1.82) is 0 Å². The molecule has 1 heterocycles. The Morgan fingerprint density at radius 3 is 2.53 bits per heavy atom. The fourth-order valence-corrected chi connectivity index (χ4v) is 3.16. The lowest BCUT2D eigenvalue weighted by molar-refractivity contribution is 0.188. The molecule has 0 aliphatic carbocycles. The fraction of sp³-hybridized carbons (Fsp3) is 0.625. The lowest BCUT2D eigenvalue weighted by atomic mass is 9.81. The zero-order chi connectivity index (χ0) is 13.8. The van der Waals surface area contributed by atoms with Crippen LogP contribution in [0.4, 0.5) is 5.69 Å². The molecule has 2 N–H and O–H groups in total. The van der Waals surface area contributed by atoms with E-state index in [1.165, 1.54) is 37.2 Å². The maximum atomic E-state index is 6.05. The van der Waals surface area contributed by atoms with Gasteiger partial charge in [-0.1, -0.05) is 12.1 Å². The van der Waals surface area contributed by atoms with E-state index in [1.54, 1.807) is 0 Å². The van der Waals surface area contributed by atoms with Crippen LogP contribution in [0.1, 0.15) is 24.3 Å². The highest BCUT2D eigenvalue weighted by atomic mass is 15.1. The molecule has 1 fully saturated rings. The van der Waals surface area contributed by atoms with Gasteiger partial charge in [0.15, 0.2) is 0 Å². The molecule has 2 rings (SSSR count). The molecule has 0 aromatic heterocycles. The first-order valence-electron chi connectivity index (χ1n) is 7.27. The van der Waals surface area contributed by atoms with Gasteiger partial charge in [-0.05, 0) is 56.6 Å². The van der Waals surface area contributed by atoms with Crippen LogP contribution in [-0.4, -0.2) is 45.7 Å². The van der Waals surface area contributed by atoms with E-state index in [4.69, 9.17) is 5.73 Å². The van der Waals surface area contributed by atoms with Gasteiger partial charge in [0.1, 0.15) is 0 Å². The normalized spacial score (nSPS) is 22.2. The maximum absolute atomic E-state index is 6.05. The van der Waals surface area contributed by atoms with Crippen LogP contribution in [0.5, 0.6) is 0 Å². The molecule has 2 atom stereocenters. The van der Waals surface area contributed by atoms with E-state index in [0.717, 1.165) is 6.54 Å². The van der Waals surface area contributed by atoms with Gasteiger partial charge < -0.3 is 15.5 Å². The first-order valence-corrected chi connectivity index (χ1v) is 7.27. The summed E-state index contributed by atoms with van der Waals surface area (Å²) < 4.78 is 0. The van der Waals surface area contributed by atoms with E-state index in [9.17, 15) is 0 Å². The van der Waals surface area contributed by atoms with Gasteiger partial charge in [0, 0.05) is 32.2 Å². The molecule has 0 saturated carbocycles. The molecule has 0 bridgehead atoms. The lowest BCUT2D eigenvalue weighted by Crippen LogP contribution is -2.37. The Balaban J connectivity index is 2.12. The predicted octanol–water partition coefficient (Wildman–Crippen LogP) is 2.14. The SMILES string of the molecule is CN1CCCC(C(CN)c2ccc(N(C)C)cc2)C1. The minimum Gasteiger partial charge on any atom is -0.378 e. The van der Waals surface area contributed by atoms with Crippen LogP contribution in [0.2, 0.25) is 0 Å². The largest absolute Gasteiger partial charge is 0.378 e. The smallest absolute Gasteiger partial charge is 0.0361 e. The average Bonchev–Trinajstić information content (AvgIpc) is 2.40. The van der Waals surface area contributed by atoms with Gasteiger partial charge in [0.2, 0.25) is 0 Å². The fourth-order valence-electron chi connectivity index (χ4n) is 3.16. The number of nitrogens with zero attached hydrogens (tertiary/aromatic N) is 2. The molecule has 1 aliphatic rings. The van der Waals surface area contributed by atoms with Gasteiger partial charge in [0.05, 0.1) is 0 Å². The minimum absolute atomic E-state index is 0.499. The van der Waals surface area contributed by atoms with Crippen molar-refractivity contribution in [2.24, 2.45) is 11.7 Å². The zero-order valence-corrected chi connectivity index (χ0v) is 12.5. The molecule has 0 radical (unpaired) electrons. The zero-order valence-electron chi connectivity index (χ0n) is 12.5. The van der Waals surface area contributed by atoms with Gasteiger partial charge >= 0.3 is 0 Å². The van der Waals surface area contributed by atoms with Gasteiger partial charge in [0.25, 0.3) is 0 Å². The van der Waals surface area contributed by atoms with Gasteiger partial charge in [-0.2, -0.15) is 0 Å². The quantitative estimate of drug-likeness (QED) is 0.901. The first-order chi connectivity index (χ1) is 9.11. The minimum atomic E-state index is 0.499. The number of hydrogen-bond donors (Lipinski definition) is 1. The summed E-state index contributed by atoms with van der Waals surface area (Å²) in [6.45, 7) is 3.16. The number of benzene rings is 1. The number of anilines is 1. The average molecular weight is 261 g/mol. The lowest BCUT2D eigenvalue weighted by Gasteiger charge is -2.35. The molecule has 1 saturated heterocycles. The number of hydrogen-bond acceptors (Lipinski definition) is 3. The van der Waals surface area contributed by atoms with Crippen molar-refractivity contribution in [3.63, 3.8) is 0 Å². The van der Waals surface area contributed by atoms with Crippen LogP contribution >= 0.6 is 0 Å². The highest BCUT2D eigenvalue weighted by Gasteiger charge is 2.26. The third kappa shape index (κ3) is 3.48. The van der Waals surface area contributed by atoms with Gasteiger partial charge in [-0.15, -0.1) is 0 Å². The van der Waals surface area contributed by atoms with Crippen molar-refractivity contribution in [1.82, 2.24) is 4.90 Å². The Morgan fingerprint density at radius 1 is 1.32 bits per heavy atom. The van der Waals surface area contributed by atoms with Crippen molar-refractivity contribution in [3.8, 4) is 0 Å². The van der Waals surface area contributed by atoms with Crippen molar-refractivity contribution in [2.45, 2.75) is 18.8 Å². The summed E-state index contributed by atoms with van der Waals surface area (Å²) in [5.74, 6) is 1.20. The van der Waals surface area contributed by atoms with E-state index in [2.05, 4.69) is 55.2 Å². The van der Waals surface area contributed by atoms with E-state index in [-0.39, 0.29) is 0 Å². The van der Waals surface area contributed by atoms with Crippen molar-refractivity contribution in [3.05, 3.63) is 29.8 Å². The molecular weight excluding hydrogens is 234 g/mol. The summed E-state index contributed by atoms with van der Waals surface area (Å²) in [6, 6.07) is 8.90. The molecular formula is C16H27N3. The molecule has 1 aromatic carbocycles. The molecule has 19 heavy (non-hydrogen) atoms. The molecule has 1 aliphatic heterocycles. The Morgan fingerprint density at radius 2 is 2.00 bits per heavy atom. The summed E-state index contributed by atoms with van der Waals surface area (Å²) in [6.07, 6.45) is 2.61. The molecule has 3 nitrogen and oxygen atoms in total. The standard InChI is InChI=1S/C16H27N3/c1-18(2)15-8-6-13(7-9-15)16(11-17)14-5-4-10-19(3)12-14/h6-9,14,16H,4-5,10-12,17H2,1-3H3. The molecule has 0 spiro atoms. The van der Waals surface area contributed by atoms with E-state index >= 15 is 0 Å². The van der Waals surface area contributed by atoms with Crippen molar-refractivity contribution < 1.29 is 0 Å². The summed E-state index contributed by atoms with van der Waals surface area (Å²) in [4.78, 5) is 4.57. The molecule has 2 unspecified atom stereocenters. The topological polar surface area (TPSA) is 32.5 Å². The molecule has 3 heteroatoms. The second-order valence-electron chi connectivity index (χ2n) is 5.99. The molecule has 106 valence electrons. The van der Waals surface area contributed by atoms with Gasteiger partial charge in [-0.3, -0.25) is 0 Å². The Kier molecular flexibility index (Phi) is 4.83. The second-order valence-corrected chi connectivity index (χ2v) is 5.99. The second kappa shape index (κ2) is 6.40. The summed E-state index contributed by atoms with van der Waals surface area (Å²) in [5, 5.41) is 0. The third-order valence-electron chi connectivity index (χ3n) is 4.32. The van der Waals surface area contributed by atoms with Crippen molar-refractivity contribution in [2.75, 3.05) is 45.7 Å². The summed E-state index contributed by atoms with van der Waals surface area (Å²) in [7, 11) is 6.37. The Labute approximate surface area is 117 Å². The highest BCUT2D eigenvalue weighted by molar-refractivity contribution is 5.46. The highest BCUT2D eigenvalue weighted by Crippen LogP contribution is 2.31. The van der Waals surface area contributed by atoms with Crippen LogP contribution in [0.3, 0.4) is 0 Å². The number of rotatable bonds is 4. The van der Waals surface area contributed by atoms with Crippen LogP contribution < -0.4 is 10.6 Å². The van der Waals surface area contributed by atoms with E-state index in [1.807, 2.05) is 0 Å². The van der Waals surface area contributed by atoms with E-state index < -0.39 is 0 Å². The predicted molar refractivity (Wildman–Crippen MR) is 82.8 cm³/mol. The summed E-state index contributed by atoms with van der Waals surface area (Å²) in [5.41, 5.74) is 8.70. The summed E-state index contributed by atoms with van der Waals surface area (Å²) >= 11 is 0. The Hall–Kier alpha value is -1.06. The van der Waals surface area contributed by atoms with Crippen LogP contribution in [0, 0.1) is 5.92 Å². The monoisotopic (exact) mass is 261 g/mol. The van der Waals surface area contributed by atoms with Crippen LogP contribution in [0.25, 0.3) is 0 Å². The molecule has 1 aromatic rings. The number of likely N-dealkylation sites (tertiary alicyclic amines) is 1. The number of nitrogens with two attached hydrogens (primary N) is 1. The Bertz CT molecular complexity index is 385. The van der Waals surface area contributed by atoms with Crippen molar-refractivity contribution >= 4 is 5.69 Å². The number of piperidine rings is 1. The first kappa shape index (κ1) is 14.4. The van der Waals surface area contributed by atoms with Crippen LogP contribution in [-0.2, 0) is 0 Å².